The molecule has 1 aromatic carbocycles. The molecule has 3 aromatic rings. The van der Waals surface area contributed by atoms with E-state index in [2.05, 4.69) is 15.0 Å². The first kappa shape index (κ1) is 17.7. The largest absolute Gasteiger partial charge is 0.373 e. The zero-order chi connectivity index (χ0) is 18.1. The second-order valence-corrected chi connectivity index (χ2v) is 7.86. The molecule has 0 spiro atoms. The molecular formula is C17H16Cl2N4O2S. The lowest BCUT2D eigenvalue weighted by Crippen LogP contribution is -2.37. The Kier molecular flexibility index (Phi) is 5.13. The van der Waals surface area contributed by atoms with Crippen LogP contribution >= 0.6 is 34.5 Å². The highest BCUT2D eigenvalue weighted by Gasteiger charge is 2.22. The number of anilines is 1. The SMILES string of the molecule is O=c1ccnc2sc(N3CCC(OCc4ccc(Cl)c(Cl)c4)CC3)nn12. The second kappa shape index (κ2) is 7.52. The first-order valence-electron chi connectivity index (χ1n) is 8.25. The Morgan fingerprint density at radius 1 is 1.19 bits per heavy atom. The van der Waals surface area contributed by atoms with Gasteiger partial charge in [0.05, 0.1) is 22.8 Å². The molecule has 0 unspecified atom stereocenters. The van der Waals surface area contributed by atoms with Gasteiger partial charge in [0.15, 0.2) is 0 Å². The smallest absolute Gasteiger partial charge is 0.275 e. The number of ether oxygens (including phenoxy) is 1. The highest BCUT2D eigenvalue weighted by molar-refractivity contribution is 7.20. The van der Waals surface area contributed by atoms with E-state index in [-0.39, 0.29) is 11.7 Å². The van der Waals surface area contributed by atoms with Gasteiger partial charge in [-0.25, -0.2) is 4.98 Å². The summed E-state index contributed by atoms with van der Waals surface area (Å²) in [5, 5.41) is 6.31. The Balaban J connectivity index is 1.35. The molecule has 4 rings (SSSR count). The number of benzene rings is 1. The van der Waals surface area contributed by atoms with Gasteiger partial charge in [0.1, 0.15) is 0 Å². The molecule has 26 heavy (non-hydrogen) atoms. The van der Waals surface area contributed by atoms with Crippen LogP contribution in [0.25, 0.3) is 4.96 Å². The van der Waals surface area contributed by atoms with Crippen molar-refractivity contribution in [3.8, 4) is 0 Å². The highest BCUT2D eigenvalue weighted by Crippen LogP contribution is 2.27. The molecule has 0 saturated carbocycles. The van der Waals surface area contributed by atoms with E-state index in [1.54, 1.807) is 6.07 Å². The van der Waals surface area contributed by atoms with E-state index >= 15 is 0 Å². The van der Waals surface area contributed by atoms with Crippen LogP contribution in [0.1, 0.15) is 18.4 Å². The van der Waals surface area contributed by atoms with Gasteiger partial charge >= 0.3 is 0 Å². The van der Waals surface area contributed by atoms with Crippen molar-refractivity contribution in [2.45, 2.75) is 25.6 Å². The zero-order valence-electron chi connectivity index (χ0n) is 13.8. The first-order chi connectivity index (χ1) is 12.6. The van der Waals surface area contributed by atoms with Crippen LogP contribution in [0, 0.1) is 0 Å². The van der Waals surface area contributed by atoms with Crippen molar-refractivity contribution in [1.29, 1.82) is 0 Å². The van der Waals surface area contributed by atoms with Gasteiger partial charge in [0.25, 0.3) is 5.56 Å². The molecular weight excluding hydrogens is 395 g/mol. The lowest BCUT2D eigenvalue weighted by Gasteiger charge is -2.31. The molecule has 1 aliphatic rings. The molecule has 0 atom stereocenters. The fourth-order valence-corrected chi connectivity index (χ4v) is 4.17. The van der Waals surface area contributed by atoms with Crippen molar-refractivity contribution < 1.29 is 4.74 Å². The summed E-state index contributed by atoms with van der Waals surface area (Å²) in [5.41, 5.74) is 0.857. The monoisotopic (exact) mass is 410 g/mol. The molecule has 3 heterocycles. The molecule has 1 saturated heterocycles. The Morgan fingerprint density at radius 2 is 2.00 bits per heavy atom. The molecule has 136 valence electrons. The summed E-state index contributed by atoms with van der Waals surface area (Å²) in [4.78, 5) is 18.8. The maximum absolute atomic E-state index is 11.8. The van der Waals surface area contributed by atoms with Gasteiger partial charge in [0, 0.05) is 25.4 Å². The van der Waals surface area contributed by atoms with E-state index in [0.29, 0.717) is 21.6 Å². The molecule has 0 radical (unpaired) electrons. The lowest BCUT2D eigenvalue weighted by molar-refractivity contribution is 0.0251. The van der Waals surface area contributed by atoms with Gasteiger partial charge in [-0.3, -0.25) is 4.79 Å². The van der Waals surface area contributed by atoms with Crippen LogP contribution in [0.3, 0.4) is 0 Å². The average Bonchev–Trinajstić information content (AvgIpc) is 3.09. The van der Waals surface area contributed by atoms with E-state index in [1.165, 1.54) is 28.1 Å². The number of fused-ring (bicyclic) bond motifs is 1. The zero-order valence-corrected chi connectivity index (χ0v) is 16.1. The van der Waals surface area contributed by atoms with E-state index in [4.69, 9.17) is 27.9 Å². The number of hydrogen-bond donors (Lipinski definition) is 0. The van der Waals surface area contributed by atoms with Gasteiger partial charge in [-0.05, 0) is 30.5 Å². The number of nitrogens with zero attached hydrogens (tertiary/aromatic N) is 4. The first-order valence-corrected chi connectivity index (χ1v) is 9.83. The van der Waals surface area contributed by atoms with Crippen LogP contribution in [-0.4, -0.2) is 33.8 Å². The highest BCUT2D eigenvalue weighted by atomic mass is 35.5. The summed E-state index contributed by atoms with van der Waals surface area (Å²) >= 11 is 13.4. The summed E-state index contributed by atoms with van der Waals surface area (Å²) < 4.78 is 7.37. The van der Waals surface area contributed by atoms with Crippen LogP contribution in [0.5, 0.6) is 0 Å². The van der Waals surface area contributed by atoms with Gasteiger partial charge in [0.2, 0.25) is 10.1 Å². The molecule has 9 heteroatoms. The molecule has 1 fully saturated rings. The van der Waals surface area contributed by atoms with Gasteiger partial charge in [-0.2, -0.15) is 4.52 Å². The Morgan fingerprint density at radius 3 is 2.73 bits per heavy atom. The van der Waals surface area contributed by atoms with Crippen LogP contribution in [0.15, 0.2) is 35.3 Å². The topological polar surface area (TPSA) is 59.7 Å². The number of piperidine rings is 1. The Bertz CT molecular complexity index is 982. The van der Waals surface area contributed by atoms with Crippen molar-refractivity contribution >= 4 is 44.6 Å². The molecule has 2 aromatic heterocycles. The molecule has 0 amide bonds. The number of aromatic nitrogens is 3. The standard InChI is InChI=1S/C17H16Cl2N4O2S/c18-13-2-1-11(9-14(13)19)10-25-12-4-7-22(8-5-12)17-21-23-15(24)3-6-20-16(23)26-17/h1-3,6,9,12H,4-5,7-8,10H2. The normalized spacial score (nSPS) is 15.7. The van der Waals surface area contributed by atoms with E-state index in [9.17, 15) is 4.79 Å². The number of rotatable bonds is 4. The minimum absolute atomic E-state index is 0.155. The third-order valence-electron chi connectivity index (χ3n) is 4.34. The maximum atomic E-state index is 11.8. The Hall–Kier alpha value is -1.67. The predicted molar refractivity (Wildman–Crippen MR) is 104 cm³/mol. The van der Waals surface area contributed by atoms with E-state index in [0.717, 1.165) is 36.6 Å². The fourth-order valence-electron chi connectivity index (χ4n) is 2.92. The molecule has 0 aliphatic carbocycles. The van der Waals surface area contributed by atoms with Crippen LogP contribution in [0.4, 0.5) is 5.13 Å². The fraction of sp³-hybridized carbons (Fsp3) is 0.353. The van der Waals surface area contributed by atoms with Crippen LogP contribution < -0.4 is 10.5 Å². The summed E-state index contributed by atoms with van der Waals surface area (Å²) in [6, 6.07) is 6.97. The minimum Gasteiger partial charge on any atom is -0.373 e. The van der Waals surface area contributed by atoms with E-state index in [1.807, 2.05) is 12.1 Å². The summed E-state index contributed by atoms with van der Waals surface area (Å²) in [7, 11) is 0. The summed E-state index contributed by atoms with van der Waals surface area (Å²) in [6.45, 7) is 2.18. The third-order valence-corrected chi connectivity index (χ3v) is 6.06. The van der Waals surface area contributed by atoms with Crippen LogP contribution in [-0.2, 0) is 11.3 Å². The van der Waals surface area contributed by atoms with Crippen molar-refractivity contribution in [3.63, 3.8) is 0 Å². The molecule has 1 aliphatic heterocycles. The Labute approximate surface area is 163 Å². The van der Waals surface area contributed by atoms with E-state index < -0.39 is 0 Å². The van der Waals surface area contributed by atoms with Gasteiger partial charge < -0.3 is 9.64 Å². The van der Waals surface area contributed by atoms with Crippen molar-refractivity contribution in [2.75, 3.05) is 18.0 Å². The minimum atomic E-state index is -0.155. The van der Waals surface area contributed by atoms with Crippen molar-refractivity contribution in [2.24, 2.45) is 0 Å². The summed E-state index contributed by atoms with van der Waals surface area (Å²) in [5.74, 6) is 0. The molecule has 0 N–H and O–H groups in total. The maximum Gasteiger partial charge on any atom is 0.275 e. The predicted octanol–water partition coefficient (Wildman–Crippen LogP) is 3.64. The van der Waals surface area contributed by atoms with Crippen LogP contribution in [0.2, 0.25) is 10.0 Å². The van der Waals surface area contributed by atoms with Gasteiger partial charge in [-0.1, -0.05) is 40.6 Å². The second-order valence-electron chi connectivity index (χ2n) is 6.11. The van der Waals surface area contributed by atoms with Crippen molar-refractivity contribution in [3.05, 3.63) is 56.4 Å². The summed E-state index contributed by atoms with van der Waals surface area (Å²) in [6.07, 6.45) is 3.51. The molecule has 0 bridgehead atoms. The molecule has 6 nitrogen and oxygen atoms in total. The third kappa shape index (κ3) is 3.71. The lowest BCUT2D eigenvalue weighted by atomic mass is 10.1. The average molecular weight is 411 g/mol. The van der Waals surface area contributed by atoms with Gasteiger partial charge in [-0.15, -0.1) is 5.10 Å². The quantitative estimate of drug-likeness (QED) is 0.656. The number of hydrogen-bond acceptors (Lipinski definition) is 6. The number of halogens is 2. The van der Waals surface area contributed by atoms with Crippen molar-refractivity contribution in [1.82, 2.24) is 14.6 Å².